The van der Waals surface area contributed by atoms with Crippen molar-refractivity contribution < 1.29 is 14.3 Å². The molecule has 4 rings (SSSR count). The molecule has 0 spiro atoms. The highest BCUT2D eigenvalue weighted by Crippen LogP contribution is 2.44. The minimum atomic E-state index is -1.52. The van der Waals surface area contributed by atoms with Crippen LogP contribution in [0, 0.1) is 11.3 Å². The molecule has 0 radical (unpaired) electrons. The lowest BCUT2D eigenvalue weighted by Crippen LogP contribution is -2.42. The second kappa shape index (κ2) is 6.22. The summed E-state index contributed by atoms with van der Waals surface area (Å²) >= 11 is 1.66. The van der Waals surface area contributed by atoms with Crippen LogP contribution in [0.2, 0.25) is 0 Å². The summed E-state index contributed by atoms with van der Waals surface area (Å²) in [6.07, 6.45) is 0. The third kappa shape index (κ3) is 2.33. The van der Waals surface area contributed by atoms with Gasteiger partial charge in [-0.2, -0.15) is 5.26 Å². The summed E-state index contributed by atoms with van der Waals surface area (Å²) in [5.74, 6) is -1.80. The Labute approximate surface area is 155 Å². The minimum Gasteiger partial charge on any atom is -0.342 e. The van der Waals surface area contributed by atoms with Crippen molar-refractivity contribution in [3.8, 4) is 6.07 Å². The number of methoxy groups -OCH3 is 2. The topological polar surface area (TPSA) is 62.6 Å². The Kier molecular flexibility index (Phi) is 4.00. The first-order chi connectivity index (χ1) is 12.6. The quantitative estimate of drug-likeness (QED) is 0.661. The SMILES string of the molecule is COC1(OC)C(=O)N(Cc2cc3ccccc3s2)c2ccc(C#N)cc21. The largest absolute Gasteiger partial charge is 0.342 e. The van der Waals surface area contributed by atoms with Crippen molar-refractivity contribution in [2.75, 3.05) is 19.1 Å². The molecule has 26 heavy (non-hydrogen) atoms. The molecule has 2 heterocycles. The van der Waals surface area contributed by atoms with Gasteiger partial charge in [-0.05, 0) is 35.7 Å². The first-order valence-electron chi connectivity index (χ1n) is 8.07. The average Bonchev–Trinajstić information content (AvgIpc) is 3.19. The van der Waals surface area contributed by atoms with Crippen LogP contribution >= 0.6 is 11.3 Å². The van der Waals surface area contributed by atoms with Gasteiger partial charge in [-0.15, -0.1) is 11.3 Å². The van der Waals surface area contributed by atoms with E-state index in [2.05, 4.69) is 24.3 Å². The van der Waals surface area contributed by atoms with Gasteiger partial charge in [0.25, 0.3) is 11.7 Å². The van der Waals surface area contributed by atoms with E-state index in [0.29, 0.717) is 23.4 Å². The lowest BCUT2D eigenvalue weighted by molar-refractivity contribution is -0.209. The maximum Gasteiger partial charge on any atom is 0.292 e. The number of hydrogen-bond donors (Lipinski definition) is 0. The zero-order valence-electron chi connectivity index (χ0n) is 14.4. The molecule has 1 aliphatic rings. The number of hydrogen-bond acceptors (Lipinski definition) is 5. The second-order valence-corrected chi connectivity index (χ2v) is 7.18. The zero-order chi connectivity index (χ0) is 18.3. The molecule has 3 aromatic rings. The maximum atomic E-state index is 13.2. The molecule has 2 aromatic carbocycles. The van der Waals surface area contributed by atoms with E-state index in [0.717, 1.165) is 10.3 Å². The Bertz CT molecular complexity index is 1010. The molecule has 0 N–H and O–H groups in total. The molecule has 0 fully saturated rings. The van der Waals surface area contributed by atoms with Crippen molar-refractivity contribution in [2.45, 2.75) is 12.3 Å². The van der Waals surface area contributed by atoms with E-state index in [4.69, 9.17) is 9.47 Å². The summed E-state index contributed by atoms with van der Waals surface area (Å²) in [5, 5.41) is 10.4. The third-order valence-electron chi connectivity index (χ3n) is 4.66. The molecular formula is C20H16N2O3S. The summed E-state index contributed by atoms with van der Waals surface area (Å²) in [6, 6.07) is 17.5. The fraction of sp³-hybridized carbons (Fsp3) is 0.200. The standard InChI is InChI=1S/C20H16N2O3S/c1-24-20(25-2)16-9-13(11-21)7-8-17(16)22(19(20)23)12-15-10-14-5-3-4-6-18(14)26-15/h3-10H,12H2,1-2H3. The van der Waals surface area contributed by atoms with E-state index < -0.39 is 5.79 Å². The van der Waals surface area contributed by atoms with Crippen molar-refractivity contribution >= 4 is 33.0 Å². The van der Waals surface area contributed by atoms with Gasteiger partial charge in [0.15, 0.2) is 0 Å². The molecule has 1 aliphatic heterocycles. The van der Waals surface area contributed by atoms with Crippen LogP contribution in [0.15, 0.2) is 48.5 Å². The Morgan fingerprint density at radius 2 is 1.92 bits per heavy atom. The first-order valence-corrected chi connectivity index (χ1v) is 8.89. The van der Waals surface area contributed by atoms with Crippen LogP contribution in [-0.4, -0.2) is 20.1 Å². The Morgan fingerprint density at radius 1 is 1.15 bits per heavy atom. The highest BCUT2D eigenvalue weighted by molar-refractivity contribution is 7.19. The predicted octanol–water partition coefficient (Wildman–Crippen LogP) is 3.77. The number of carbonyl (C=O) groups excluding carboxylic acids is 1. The van der Waals surface area contributed by atoms with E-state index in [-0.39, 0.29) is 5.91 Å². The number of amides is 1. The van der Waals surface area contributed by atoms with E-state index in [1.165, 1.54) is 18.9 Å². The fourth-order valence-electron chi connectivity index (χ4n) is 3.41. The molecule has 0 atom stereocenters. The number of carbonyl (C=O) groups is 1. The summed E-state index contributed by atoms with van der Waals surface area (Å²) in [7, 11) is 2.88. The maximum absolute atomic E-state index is 13.2. The van der Waals surface area contributed by atoms with Crippen molar-refractivity contribution in [2.24, 2.45) is 0 Å². The minimum absolute atomic E-state index is 0.287. The van der Waals surface area contributed by atoms with Gasteiger partial charge in [0, 0.05) is 29.4 Å². The molecule has 6 heteroatoms. The van der Waals surface area contributed by atoms with Gasteiger partial charge in [-0.1, -0.05) is 18.2 Å². The van der Waals surface area contributed by atoms with Crippen LogP contribution in [-0.2, 0) is 26.6 Å². The molecule has 1 aromatic heterocycles. The van der Waals surface area contributed by atoms with E-state index in [9.17, 15) is 10.1 Å². The van der Waals surface area contributed by atoms with Crippen LogP contribution in [0.25, 0.3) is 10.1 Å². The van der Waals surface area contributed by atoms with Gasteiger partial charge in [0.1, 0.15) is 0 Å². The van der Waals surface area contributed by atoms with Gasteiger partial charge < -0.3 is 14.4 Å². The summed E-state index contributed by atoms with van der Waals surface area (Å²) in [5.41, 5.74) is 1.72. The van der Waals surface area contributed by atoms with E-state index in [1.54, 1.807) is 34.4 Å². The smallest absolute Gasteiger partial charge is 0.292 e. The number of benzene rings is 2. The molecule has 0 saturated carbocycles. The summed E-state index contributed by atoms with van der Waals surface area (Å²) in [6.45, 7) is 0.422. The van der Waals surface area contributed by atoms with Crippen molar-refractivity contribution in [1.82, 2.24) is 0 Å². The second-order valence-electron chi connectivity index (χ2n) is 6.01. The van der Waals surface area contributed by atoms with Gasteiger partial charge >= 0.3 is 0 Å². The van der Waals surface area contributed by atoms with Crippen molar-refractivity contribution in [1.29, 1.82) is 5.26 Å². The first kappa shape index (κ1) is 16.7. The number of fused-ring (bicyclic) bond motifs is 2. The van der Waals surface area contributed by atoms with Crippen molar-refractivity contribution in [3.63, 3.8) is 0 Å². The Hall–Kier alpha value is -2.72. The average molecular weight is 364 g/mol. The van der Waals surface area contributed by atoms with E-state index in [1.807, 2.05) is 12.1 Å². The van der Waals surface area contributed by atoms with Gasteiger partial charge in [0.05, 0.1) is 23.9 Å². The number of nitrogens with zero attached hydrogens (tertiary/aromatic N) is 2. The molecule has 0 aliphatic carbocycles. The molecule has 0 saturated heterocycles. The van der Waals surface area contributed by atoms with Crippen LogP contribution in [0.4, 0.5) is 5.69 Å². The molecule has 130 valence electrons. The normalized spacial score (nSPS) is 15.3. The fourth-order valence-corrected chi connectivity index (χ4v) is 4.47. The number of nitriles is 1. The Balaban J connectivity index is 1.80. The highest BCUT2D eigenvalue weighted by atomic mass is 32.1. The van der Waals surface area contributed by atoms with Crippen molar-refractivity contribution in [3.05, 3.63) is 64.5 Å². The lowest BCUT2D eigenvalue weighted by Gasteiger charge is -2.25. The highest BCUT2D eigenvalue weighted by Gasteiger charge is 2.52. The summed E-state index contributed by atoms with van der Waals surface area (Å²) in [4.78, 5) is 15.9. The molecule has 0 unspecified atom stereocenters. The third-order valence-corrected chi connectivity index (χ3v) is 5.76. The number of rotatable bonds is 4. The number of ether oxygens (including phenoxy) is 2. The van der Waals surface area contributed by atoms with Crippen LogP contribution in [0.3, 0.4) is 0 Å². The molecule has 0 bridgehead atoms. The van der Waals surface area contributed by atoms with Gasteiger partial charge in [-0.3, -0.25) is 4.79 Å². The van der Waals surface area contributed by atoms with Crippen LogP contribution in [0.5, 0.6) is 0 Å². The summed E-state index contributed by atoms with van der Waals surface area (Å²) < 4.78 is 12.2. The zero-order valence-corrected chi connectivity index (χ0v) is 15.2. The van der Waals surface area contributed by atoms with Crippen LogP contribution < -0.4 is 4.90 Å². The number of anilines is 1. The number of thiophene rings is 1. The van der Waals surface area contributed by atoms with Gasteiger partial charge in [-0.25, -0.2) is 0 Å². The van der Waals surface area contributed by atoms with Gasteiger partial charge in [0.2, 0.25) is 0 Å². The van der Waals surface area contributed by atoms with E-state index >= 15 is 0 Å². The van der Waals surface area contributed by atoms with Crippen LogP contribution in [0.1, 0.15) is 16.0 Å². The monoisotopic (exact) mass is 364 g/mol. The molecular weight excluding hydrogens is 348 g/mol. The predicted molar refractivity (Wildman–Crippen MR) is 99.9 cm³/mol. The lowest BCUT2D eigenvalue weighted by atomic mass is 10.0. The molecule has 5 nitrogen and oxygen atoms in total. The Morgan fingerprint density at radius 3 is 2.62 bits per heavy atom. The molecule has 1 amide bonds.